The summed E-state index contributed by atoms with van der Waals surface area (Å²) in [5, 5.41) is 0.749. The van der Waals surface area contributed by atoms with Crippen LogP contribution in [0.2, 0.25) is 0 Å². The number of fused-ring (bicyclic) bond motifs is 1. The van der Waals surface area contributed by atoms with Crippen LogP contribution in [0.4, 0.5) is 4.79 Å². The molecule has 22 heavy (non-hydrogen) atoms. The minimum absolute atomic E-state index is 0.0434. The van der Waals surface area contributed by atoms with Crippen LogP contribution < -0.4 is 0 Å². The van der Waals surface area contributed by atoms with E-state index in [-0.39, 0.29) is 13.0 Å². The molecule has 0 spiro atoms. The van der Waals surface area contributed by atoms with Gasteiger partial charge in [0.25, 0.3) is 0 Å². The van der Waals surface area contributed by atoms with E-state index in [1.54, 1.807) is 24.3 Å². The number of methoxy groups -OCH3 is 1. The summed E-state index contributed by atoms with van der Waals surface area (Å²) >= 11 is 16.7. The fourth-order valence-corrected chi connectivity index (χ4v) is 2.15. The van der Waals surface area contributed by atoms with Gasteiger partial charge in [0.05, 0.1) is 19.0 Å². The van der Waals surface area contributed by atoms with Gasteiger partial charge >= 0.3 is 12.1 Å². The average molecular weight is 365 g/mol. The van der Waals surface area contributed by atoms with Crippen molar-refractivity contribution in [1.29, 1.82) is 0 Å². The molecule has 0 radical (unpaired) electrons. The van der Waals surface area contributed by atoms with Crippen molar-refractivity contribution >= 4 is 57.8 Å². The second-order valence-electron chi connectivity index (χ2n) is 4.46. The smallest absolute Gasteiger partial charge is 0.418 e. The summed E-state index contributed by atoms with van der Waals surface area (Å²) in [6, 6.07) is 7.10. The molecule has 1 heterocycles. The third-order valence-corrected chi connectivity index (χ3v) is 3.24. The molecule has 1 aromatic carbocycles. The van der Waals surface area contributed by atoms with Crippen LogP contribution in [-0.2, 0) is 20.7 Å². The Morgan fingerprint density at radius 2 is 1.91 bits per heavy atom. The van der Waals surface area contributed by atoms with E-state index in [1.807, 2.05) is 0 Å². The molecule has 0 unspecified atom stereocenters. The van der Waals surface area contributed by atoms with Crippen molar-refractivity contribution in [3.05, 3.63) is 36.0 Å². The lowest BCUT2D eigenvalue weighted by atomic mass is 10.1. The van der Waals surface area contributed by atoms with Crippen molar-refractivity contribution in [2.45, 2.75) is 10.2 Å². The Bertz CT molecular complexity index is 706. The molecule has 0 fully saturated rings. The van der Waals surface area contributed by atoms with Gasteiger partial charge < -0.3 is 9.47 Å². The molecule has 0 aliphatic heterocycles. The van der Waals surface area contributed by atoms with Crippen molar-refractivity contribution in [1.82, 2.24) is 4.57 Å². The Hall–Kier alpha value is -1.43. The minimum atomic E-state index is -1.69. The highest BCUT2D eigenvalue weighted by Gasteiger charge is 2.24. The standard InChI is InChI=1S/C14H12Cl3NO4/c1-21-12(19)6-9-7-18(11-5-3-2-4-10(9)11)13(20)22-8-14(15,16)17/h2-5,7H,6,8H2,1H3. The molecule has 0 saturated heterocycles. The second-order valence-corrected chi connectivity index (χ2v) is 6.98. The molecule has 118 valence electrons. The minimum Gasteiger partial charge on any atom is -0.469 e. The van der Waals surface area contributed by atoms with E-state index < -0.39 is 15.9 Å². The first-order valence-corrected chi connectivity index (χ1v) is 7.35. The van der Waals surface area contributed by atoms with Gasteiger partial charge in [0, 0.05) is 11.6 Å². The molecule has 1 aromatic heterocycles. The second kappa shape index (κ2) is 6.77. The number of nitrogens with zero attached hydrogens (tertiary/aromatic N) is 1. The molecule has 0 aliphatic carbocycles. The quantitative estimate of drug-likeness (QED) is 0.615. The molecular weight excluding hydrogens is 353 g/mol. The topological polar surface area (TPSA) is 57.5 Å². The number of esters is 1. The van der Waals surface area contributed by atoms with Crippen LogP contribution in [0.5, 0.6) is 0 Å². The van der Waals surface area contributed by atoms with Crippen LogP contribution in [0.1, 0.15) is 5.56 Å². The number of ether oxygens (including phenoxy) is 2. The summed E-state index contributed by atoms with van der Waals surface area (Å²) in [7, 11) is 1.30. The van der Waals surface area contributed by atoms with Gasteiger partial charge in [0.2, 0.25) is 3.79 Å². The summed E-state index contributed by atoms with van der Waals surface area (Å²) in [6.07, 6.45) is 0.864. The number of hydrogen-bond acceptors (Lipinski definition) is 4. The number of hydrogen-bond donors (Lipinski definition) is 0. The summed E-state index contributed by atoms with van der Waals surface area (Å²) < 4.78 is 9.19. The lowest BCUT2D eigenvalue weighted by molar-refractivity contribution is -0.139. The Morgan fingerprint density at radius 3 is 2.55 bits per heavy atom. The maximum absolute atomic E-state index is 12.1. The number of aromatic nitrogens is 1. The molecule has 0 saturated carbocycles. The first-order chi connectivity index (χ1) is 10.3. The third-order valence-electron chi connectivity index (χ3n) is 2.91. The van der Waals surface area contributed by atoms with Gasteiger partial charge in [-0.15, -0.1) is 0 Å². The monoisotopic (exact) mass is 363 g/mol. The molecule has 0 atom stereocenters. The van der Waals surface area contributed by atoms with E-state index in [9.17, 15) is 9.59 Å². The van der Waals surface area contributed by atoms with E-state index in [0.29, 0.717) is 11.1 Å². The van der Waals surface area contributed by atoms with Crippen LogP contribution in [0.3, 0.4) is 0 Å². The number of alkyl halides is 3. The Labute approximate surface area is 141 Å². The lowest BCUT2D eigenvalue weighted by Crippen LogP contribution is -2.20. The number of carbonyl (C=O) groups excluding carboxylic acids is 2. The largest absolute Gasteiger partial charge is 0.469 e. The van der Waals surface area contributed by atoms with Crippen LogP contribution >= 0.6 is 34.8 Å². The first kappa shape index (κ1) is 16.9. The fraction of sp³-hybridized carbons (Fsp3) is 0.286. The lowest BCUT2D eigenvalue weighted by Gasteiger charge is -2.11. The Kier molecular flexibility index (Phi) is 5.21. The van der Waals surface area contributed by atoms with E-state index in [4.69, 9.17) is 39.5 Å². The van der Waals surface area contributed by atoms with Gasteiger partial charge in [-0.25, -0.2) is 4.79 Å². The van der Waals surface area contributed by atoms with E-state index >= 15 is 0 Å². The Balaban J connectivity index is 2.33. The van der Waals surface area contributed by atoms with E-state index in [1.165, 1.54) is 17.9 Å². The summed E-state index contributed by atoms with van der Waals surface area (Å²) in [5.41, 5.74) is 1.24. The zero-order valence-corrected chi connectivity index (χ0v) is 13.8. The van der Waals surface area contributed by atoms with Crippen molar-refractivity contribution < 1.29 is 19.1 Å². The molecule has 2 rings (SSSR count). The van der Waals surface area contributed by atoms with Crippen molar-refractivity contribution in [3.8, 4) is 0 Å². The van der Waals surface area contributed by atoms with E-state index in [0.717, 1.165) is 5.39 Å². The van der Waals surface area contributed by atoms with Crippen molar-refractivity contribution in [3.63, 3.8) is 0 Å². The molecule has 8 heteroatoms. The van der Waals surface area contributed by atoms with Gasteiger partial charge in [0.1, 0.15) is 6.61 Å². The zero-order valence-electron chi connectivity index (χ0n) is 11.5. The predicted octanol–water partition coefficient (Wildman–Crippen LogP) is 3.71. The van der Waals surface area contributed by atoms with Crippen LogP contribution in [0.15, 0.2) is 30.5 Å². The van der Waals surface area contributed by atoms with Gasteiger partial charge in [-0.1, -0.05) is 53.0 Å². The molecule has 0 bridgehead atoms. The number of para-hydroxylation sites is 1. The van der Waals surface area contributed by atoms with Gasteiger partial charge in [0.15, 0.2) is 0 Å². The van der Waals surface area contributed by atoms with Gasteiger partial charge in [-0.3, -0.25) is 9.36 Å². The van der Waals surface area contributed by atoms with Crippen LogP contribution in [-0.4, -0.2) is 34.1 Å². The normalized spacial score (nSPS) is 11.5. The van der Waals surface area contributed by atoms with Gasteiger partial charge in [-0.2, -0.15) is 0 Å². The van der Waals surface area contributed by atoms with Crippen molar-refractivity contribution in [2.24, 2.45) is 0 Å². The summed E-state index contributed by atoms with van der Waals surface area (Å²) in [5.74, 6) is -0.405. The molecule has 0 N–H and O–H groups in total. The maximum atomic E-state index is 12.1. The molecular formula is C14H12Cl3NO4. The highest BCUT2D eigenvalue weighted by Crippen LogP contribution is 2.27. The zero-order chi connectivity index (χ0) is 16.3. The van der Waals surface area contributed by atoms with Crippen LogP contribution in [0.25, 0.3) is 10.9 Å². The number of benzene rings is 1. The maximum Gasteiger partial charge on any atom is 0.418 e. The summed E-state index contributed by atoms with van der Waals surface area (Å²) in [6.45, 7) is -0.380. The molecule has 0 aliphatic rings. The third kappa shape index (κ3) is 4.06. The highest BCUT2D eigenvalue weighted by molar-refractivity contribution is 6.67. The molecule has 0 amide bonds. The number of carbonyl (C=O) groups is 2. The van der Waals surface area contributed by atoms with Crippen LogP contribution in [0, 0.1) is 0 Å². The number of rotatable bonds is 3. The SMILES string of the molecule is COC(=O)Cc1cn(C(=O)OCC(Cl)(Cl)Cl)c2ccccc12. The molecule has 5 nitrogen and oxygen atoms in total. The van der Waals surface area contributed by atoms with E-state index in [2.05, 4.69) is 4.74 Å². The molecule has 2 aromatic rings. The fourth-order valence-electron chi connectivity index (χ4n) is 1.98. The summed E-state index contributed by atoms with van der Waals surface area (Å²) in [4.78, 5) is 23.6. The highest BCUT2D eigenvalue weighted by atomic mass is 35.6. The predicted molar refractivity (Wildman–Crippen MR) is 84.7 cm³/mol. The Morgan fingerprint density at radius 1 is 1.23 bits per heavy atom. The first-order valence-electron chi connectivity index (χ1n) is 6.21. The van der Waals surface area contributed by atoms with Crippen molar-refractivity contribution in [2.75, 3.05) is 13.7 Å². The van der Waals surface area contributed by atoms with Gasteiger partial charge in [-0.05, 0) is 11.6 Å². The number of halogens is 3. The average Bonchev–Trinajstić information content (AvgIpc) is 2.83.